The Labute approximate surface area is 182 Å². The molecule has 0 saturated heterocycles. The van der Waals surface area contributed by atoms with E-state index in [0.717, 1.165) is 0 Å². The van der Waals surface area contributed by atoms with Crippen molar-refractivity contribution in [1.82, 2.24) is 5.32 Å². The van der Waals surface area contributed by atoms with Crippen LogP contribution in [0.2, 0.25) is 0 Å². The number of rotatable bonds is 8. The van der Waals surface area contributed by atoms with Gasteiger partial charge >= 0.3 is 24.0 Å². The third kappa shape index (κ3) is 10.5. The Hall–Kier alpha value is -3.10. The van der Waals surface area contributed by atoms with Gasteiger partial charge in [-0.2, -0.15) is 0 Å². The van der Waals surface area contributed by atoms with Crippen molar-refractivity contribution in [3.63, 3.8) is 0 Å². The predicted molar refractivity (Wildman–Crippen MR) is 111 cm³/mol. The number of carboxylic acid groups (broad SMARTS) is 1. The van der Waals surface area contributed by atoms with E-state index < -0.39 is 53.6 Å². The summed E-state index contributed by atoms with van der Waals surface area (Å²) in [5.41, 5.74) is -1.10. The molecule has 0 saturated carbocycles. The summed E-state index contributed by atoms with van der Waals surface area (Å²) in [7, 11) is 0. The largest absolute Gasteiger partial charge is 0.480 e. The number of ether oxygens (including phenoxy) is 3. The van der Waals surface area contributed by atoms with Crippen LogP contribution in [0.5, 0.6) is 0 Å². The number of carbonyl (C=O) groups excluding carboxylic acids is 3. The summed E-state index contributed by atoms with van der Waals surface area (Å²) >= 11 is 0. The molecule has 9 heteroatoms. The third-order valence-corrected chi connectivity index (χ3v) is 3.66. The molecule has 1 rings (SSSR count). The number of amides is 1. The average molecular weight is 437 g/mol. The second-order valence-electron chi connectivity index (χ2n) is 8.95. The molecule has 0 aromatic heterocycles. The van der Waals surface area contributed by atoms with E-state index in [0.29, 0.717) is 5.56 Å². The minimum absolute atomic E-state index is 0.0689. The third-order valence-electron chi connectivity index (χ3n) is 3.66. The van der Waals surface area contributed by atoms with E-state index in [1.165, 1.54) is 0 Å². The van der Waals surface area contributed by atoms with E-state index in [4.69, 9.17) is 14.2 Å². The smallest absolute Gasteiger partial charge is 0.408 e. The topological polar surface area (TPSA) is 128 Å². The monoisotopic (exact) mass is 437 g/mol. The number of aliphatic carboxylic acids is 1. The van der Waals surface area contributed by atoms with Gasteiger partial charge in [-0.1, -0.05) is 30.3 Å². The van der Waals surface area contributed by atoms with E-state index in [1.807, 2.05) is 0 Å². The van der Waals surface area contributed by atoms with Crippen LogP contribution in [0.25, 0.3) is 0 Å². The molecule has 1 aromatic carbocycles. The van der Waals surface area contributed by atoms with E-state index in [1.54, 1.807) is 71.9 Å². The van der Waals surface area contributed by atoms with Crippen LogP contribution >= 0.6 is 0 Å². The molecule has 0 radical (unpaired) electrons. The van der Waals surface area contributed by atoms with Gasteiger partial charge in [0, 0.05) is 6.42 Å². The Morgan fingerprint density at radius 1 is 0.903 bits per heavy atom. The van der Waals surface area contributed by atoms with Gasteiger partial charge in [-0.05, 0) is 47.1 Å². The van der Waals surface area contributed by atoms with Crippen molar-refractivity contribution < 1.29 is 38.5 Å². The predicted octanol–water partition coefficient (Wildman–Crippen LogP) is 3.06. The molecule has 0 spiro atoms. The van der Waals surface area contributed by atoms with Crippen molar-refractivity contribution in [2.75, 3.05) is 0 Å². The van der Waals surface area contributed by atoms with Crippen molar-refractivity contribution in [3.8, 4) is 0 Å². The molecule has 0 bridgehead atoms. The average Bonchev–Trinajstić information content (AvgIpc) is 2.60. The normalized spacial score (nSPS) is 12.6. The lowest BCUT2D eigenvalue weighted by Gasteiger charge is -2.27. The maximum Gasteiger partial charge on any atom is 0.408 e. The van der Waals surface area contributed by atoms with Gasteiger partial charge in [0.2, 0.25) is 0 Å². The zero-order valence-electron chi connectivity index (χ0n) is 18.8. The minimum atomic E-state index is -1.58. The highest BCUT2D eigenvalue weighted by molar-refractivity contribution is 5.96. The first kappa shape index (κ1) is 25.9. The number of carboxylic acids is 1. The number of nitrogens with one attached hydrogen (secondary N) is 1. The van der Waals surface area contributed by atoms with Crippen LogP contribution in [0.1, 0.15) is 53.5 Å². The fourth-order valence-electron chi connectivity index (χ4n) is 2.40. The minimum Gasteiger partial charge on any atom is -0.480 e. The van der Waals surface area contributed by atoms with Crippen LogP contribution in [0, 0.1) is 5.92 Å². The van der Waals surface area contributed by atoms with Gasteiger partial charge in [0.05, 0.1) is 0 Å². The number of esters is 2. The molecular weight excluding hydrogens is 406 g/mol. The molecule has 172 valence electrons. The highest BCUT2D eigenvalue weighted by atomic mass is 16.6. The number of hydrogen-bond donors (Lipinski definition) is 2. The Bertz CT molecular complexity index is 749. The van der Waals surface area contributed by atoms with E-state index in [2.05, 4.69) is 5.32 Å². The van der Waals surface area contributed by atoms with Crippen LogP contribution < -0.4 is 5.32 Å². The Morgan fingerprint density at radius 2 is 1.39 bits per heavy atom. The van der Waals surface area contributed by atoms with E-state index >= 15 is 0 Å². The molecule has 0 heterocycles. The van der Waals surface area contributed by atoms with Crippen LogP contribution in [0.15, 0.2) is 30.3 Å². The lowest BCUT2D eigenvalue weighted by atomic mass is 9.99. The van der Waals surface area contributed by atoms with Gasteiger partial charge in [0.25, 0.3) is 0 Å². The molecular formula is C22H31NO8. The molecule has 1 atom stereocenters. The first-order chi connectivity index (χ1) is 14.2. The Kier molecular flexibility index (Phi) is 9.02. The quantitative estimate of drug-likeness (QED) is 0.361. The summed E-state index contributed by atoms with van der Waals surface area (Å²) in [4.78, 5) is 48.9. The number of benzene rings is 1. The first-order valence-electron chi connectivity index (χ1n) is 9.83. The molecule has 1 unspecified atom stereocenters. The van der Waals surface area contributed by atoms with Crippen molar-refractivity contribution in [1.29, 1.82) is 0 Å². The maximum atomic E-state index is 12.6. The van der Waals surface area contributed by atoms with Crippen molar-refractivity contribution in [3.05, 3.63) is 35.9 Å². The fourth-order valence-corrected chi connectivity index (χ4v) is 2.40. The van der Waals surface area contributed by atoms with Crippen LogP contribution in [-0.2, 0) is 35.2 Å². The standard InChI is InChI=1S/C22H31NO8/c1-21(2,3)30-18(26)15(19(27)31-22(4,5)6)12-16(17(24)25)23-20(28)29-13-14-10-8-7-9-11-14/h7-11,15-16H,12-13H2,1-6H3,(H,23,28)(H,24,25). The zero-order valence-corrected chi connectivity index (χ0v) is 18.8. The summed E-state index contributed by atoms with van der Waals surface area (Å²) in [5.74, 6) is -4.86. The SMILES string of the molecule is CC(C)(C)OC(=O)C(CC(NC(=O)OCc1ccccc1)C(=O)O)C(=O)OC(C)(C)C. The van der Waals surface area contributed by atoms with Gasteiger partial charge in [0.15, 0.2) is 5.92 Å². The number of alkyl carbamates (subject to hydrolysis) is 1. The molecule has 0 fully saturated rings. The molecule has 2 N–H and O–H groups in total. The van der Waals surface area contributed by atoms with Gasteiger partial charge in [-0.3, -0.25) is 9.59 Å². The van der Waals surface area contributed by atoms with Gasteiger partial charge in [-0.25, -0.2) is 9.59 Å². The number of hydrogen-bond acceptors (Lipinski definition) is 7. The molecule has 0 aliphatic rings. The lowest BCUT2D eigenvalue weighted by molar-refractivity contribution is -0.175. The summed E-state index contributed by atoms with van der Waals surface area (Å²) in [5, 5.41) is 11.7. The summed E-state index contributed by atoms with van der Waals surface area (Å²) in [6, 6.07) is 7.24. The fraction of sp³-hybridized carbons (Fsp3) is 0.545. The maximum absolute atomic E-state index is 12.6. The molecule has 0 aliphatic heterocycles. The summed E-state index contributed by atoms with van der Waals surface area (Å²) < 4.78 is 15.5. The highest BCUT2D eigenvalue weighted by Gasteiger charge is 2.39. The van der Waals surface area contributed by atoms with Gasteiger partial charge in [-0.15, -0.1) is 0 Å². The number of carbonyl (C=O) groups is 4. The van der Waals surface area contributed by atoms with Crippen LogP contribution in [-0.4, -0.2) is 46.4 Å². The zero-order chi connectivity index (χ0) is 23.8. The molecule has 1 aromatic rings. The summed E-state index contributed by atoms with van der Waals surface area (Å²) in [6.45, 7) is 9.63. The summed E-state index contributed by atoms with van der Waals surface area (Å²) in [6.07, 6.45) is -1.55. The highest BCUT2D eigenvalue weighted by Crippen LogP contribution is 2.20. The van der Waals surface area contributed by atoms with Crippen LogP contribution in [0.3, 0.4) is 0 Å². The van der Waals surface area contributed by atoms with Gasteiger partial charge in [0.1, 0.15) is 23.9 Å². The second kappa shape index (κ2) is 10.8. The Balaban J connectivity index is 2.91. The molecule has 9 nitrogen and oxygen atoms in total. The van der Waals surface area contributed by atoms with Crippen LogP contribution in [0.4, 0.5) is 4.79 Å². The molecule has 1 amide bonds. The van der Waals surface area contributed by atoms with Gasteiger partial charge < -0.3 is 24.6 Å². The van der Waals surface area contributed by atoms with Crippen molar-refractivity contribution in [2.45, 2.75) is 71.8 Å². The van der Waals surface area contributed by atoms with Crippen molar-refractivity contribution >= 4 is 24.0 Å². The lowest BCUT2D eigenvalue weighted by Crippen LogP contribution is -2.46. The second-order valence-corrected chi connectivity index (χ2v) is 8.95. The van der Waals surface area contributed by atoms with Crippen molar-refractivity contribution in [2.24, 2.45) is 5.92 Å². The first-order valence-corrected chi connectivity index (χ1v) is 9.83. The van der Waals surface area contributed by atoms with E-state index in [-0.39, 0.29) is 6.61 Å². The molecule has 0 aliphatic carbocycles. The molecule has 31 heavy (non-hydrogen) atoms. The Morgan fingerprint density at radius 3 is 1.81 bits per heavy atom. The van der Waals surface area contributed by atoms with E-state index in [9.17, 15) is 24.3 Å².